The molecule has 1 aliphatic rings. The Labute approximate surface area is 106 Å². The van der Waals surface area contributed by atoms with Crippen LogP contribution in [0.15, 0.2) is 24.3 Å². The first-order valence-electron chi connectivity index (χ1n) is 4.02. The Kier molecular flexibility index (Phi) is 4.28. The third-order valence-electron chi connectivity index (χ3n) is 2.26. The van der Waals surface area contributed by atoms with Crippen LogP contribution in [0.4, 0.5) is 4.39 Å². The van der Waals surface area contributed by atoms with Crippen LogP contribution in [0.1, 0.15) is 17.9 Å². The predicted molar refractivity (Wildman–Crippen MR) is 46.5 cm³/mol. The number of hydrogen-bond donors (Lipinski definition) is 0. The summed E-state index contributed by atoms with van der Waals surface area (Å²) in [6, 6.07) is 6.13. The third kappa shape index (κ3) is 2.64. The minimum Gasteiger partial charge on any atom is -0.772 e. The van der Waals surface area contributed by atoms with E-state index in [1.165, 1.54) is 12.1 Å². The van der Waals surface area contributed by atoms with Crippen LogP contribution >= 0.6 is 0 Å². The zero-order valence-corrected chi connectivity index (χ0v) is 10.6. The second-order valence-electron chi connectivity index (χ2n) is 3.20. The van der Waals surface area contributed by atoms with E-state index in [0.29, 0.717) is 6.42 Å². The molecule has 0 aliphatic heterocycles. The van der Waals surface area contributed by atoms with E-state index in [2.05, 4.69) is 0 Å². The summed E-state index contributed by atoms with van der Waals surface area (Å²) in [6.45, 7) is 0. The van der Waals surface area contributed by atoms with Crippen LogP contribution in [0, 0.1) is 5.82 Å². The minimum atomic E-state index is -2.02. The fourth-order valence-electron chi connectivity index (χ4n) is 1.47. The molecule has 70 valence electrons. The van der Waals surface area contributed by atoms with Gasteiger partial charge in [-0.05, 0) is 30.0 Å². The molecular formula is C9H8FNaO2S. The van der Waals surface area contributed by atoms with E-state index in [4.69, 9.17) is 0 Å². The van der Waals surface area contributed by atoms with Crippen molar-refractivity contribution in [3.63, 3.8) is 0 Å². The molecular weight excluding hydrogens is 214 g/mol. The van der Waals surface area contributed by atoms with Gasteiger partial charge in [0.05, 0.1) is 0 Å². The van der Waals surface area contributed by atoms with Gasteiger partial charge in [-0.1, -0.05) is 23.2 Å². The summed E-state index contributed by atoms with van der Waals surface area (Å²) in [7, 11) is 0. The van der Waals surface area contributed by atoms with E-state index in [9.17, 15) is 13.2 Å². The van der Waals surface area contributed by atoms with Crippen molar-refractivity contribution < 1.29 is 42.7 Å². The zero-order valence-electron chi connectivity index (χ0n) is 7.77. The van der Waals surface area contributed by atoms with Crippen molar-refractivity contribution in [1.29, 1.82) is 0 Å². The van der Waals surface area contributed by atoms with Gasteiger partial charge < -0.3 is 4.55 Å². The number of rotatable bonds is 2. The standard InChI is InChI=1S/C9H9FO2S.Na/c10-7-3-1-2-6(4-7)8-5-9(8)13(11)12;/h1-4,8-9H,5H2,(H,11,12);/q;+1/p-1. The van der Waals surface area contributed by atoms with Crippen LogP contribution < -0.4 is 29.6 Å². The molecule has 0 aromatic heterocycles. The Morgan fingerprint density at radius 3 is 2.71 bits per heavy atom. The SMILES string of the molecule is O=S([O-])C1CC1c1cccc(F)c1.[Na+]. The Morgan fingerprint density at radius 2 is 2.21 bits per heavy atom. The fourth-order valence-corrected chi connectivity index (χ4v) is 2.26. The first kappa shape index (κ1) is 12.3. The first-order valence-corrected chi connectivity index (χ1v) is 5.16. The Morgan fingerprint density at radius 1 is 1.50 bits per heavy atom. The topological polar surface area (TPSA) is 40.1 Å². The van der Waals surface area contributed by atoms with Gasteiger partial charge in [0.25, 0.3) is 0 Å². The molecule has 5 heteroatoms. The normalized spacial score (nSPS) is 26.4. The molecule has 0 saturated heterocycles. The minimum absolute atomic E-state index is 0. The van der Waals surface area contributed by atoms with Gasteiger partial charge in [0.2, 0.25) is 0 Å². The zero-order chi connectivity index (χ0) is 9.42. The first-order chi connectivity index (χ1) is 6.18. The average molecular weight is 222 g/mol. The monoisotopic (exact) mass is 222 g/mol. The van der Waals surface area contributed by atoms with Gasteiger partial charge >= 0.3 is 29.6 Å². The van der Waals surface area contributed by atoms with Gasteiger partial charge in [-0.15, -0.1) is 0 Å². The molecule has 1 saturated carbocycles. The Bertz CT molecular complexity index is 358. The number of benzene rings is 1. The molecule has 1 aromatic carbocycles. The van der Waals surface area contributed by atoms with Crippen molar-refractivity contribution in [3.8, 4) is 0 Å². The summed E-state index contributed by atoms with van der Waals surface area (Å²) >= 11 is -2.02. The maximum Gasteiger partial charge on any atom is 1.00 e. The van der Waals surface area contributed by atoms with E-state index < -0.39 is 11.1 Å². The van der Waals surface area contributed by atoms with Crippen molar-refractivity contribution in [2.75, 3.05) is 0 Å². The predicted octanol–water partition coefficient (Wildman–Crippen LogP) is -1.44. The van der Waals surface area contributed by atoms with Crippen LogP contribution in [0.5, 0.6) is 0 Å². The van der Waals surface area contributed by atoms with Crippen molar-refractivity contribution in [3.05, 3.63) is 35.6 Å². The second kappa shape index (κ2) is 4.86. The Hall–Kier alpha value is 0.260. The van der Waals surface area contributed by atoms with E-state index in [1.807, 2.05) is 0 Å². The molecule has 1 fully saturated rings. The summed E-state index contributed by atoms with van der Waals surface area (Å²) in [6.07, 6.45) is 0.625. The van der Waals surface area contributed by atoms with E-state index in [1.54, 1.807) is 12.1 Å². The van der Waals surface area contributed by atoms with Gasteiger partial charge in [0.1, 0.15) is 5.82 Å². The second-order valence-corrected chi connectivity index (χ2v) is 4.32. The van der Waals surface area contributed by atoms with Crippen molar-refractivity contribution in [2.45, 2.75) is 17.6 Å². The van der Waals surface area contributed by atoms with Crippen molar-refractivity contribution in [1.82, 2.24) is 0 Å². The molecule has 0 amide bonds. The summed E-state index contributed by atoms with van der Waals surface area (Å²) < 4.78 is 33.8. The molecule has 2 rings (SSSR count). The smallest absolute Gasteiger partial charge is 0.772 e. The average Bonchev–Trinajstić information content (AvgIpc) is 2.82. The Balaban J connectivity index is 0.000000980. The summed E-state index contributed by atoms with van der Waals surface area (Å²) in [4.78, 5) is 0. The third-order valence-corrected chi connectivity index (χ3v) is 3.27. The molecule has 3 unspecified atom stereocenters. The largest absolute Gasteiger partial charge is 1.00 e. The maximum absolute atomic E-state index is 12.7. The molecule has 3 atom stereocenters. The molecule has 1 aliphatic carbocycles. The molecule has 0 bridgehead atoms. The van der Waals surface area contributed by atoms with E-state index in [0.717, 1.165) is 5.56 Å². The number of halogens is 1. The van der Waals surface area contributed by atoms with Crippen LogP contribution in [0.25, 0.3) is 0 Å². The van der Waals surface area contributed by atoms with Gasteiger partial charge in [-0.3, -0.25) is 4.21 Å². The molecule has 2 nitrogen and oxygen atoms in total. The quantitative estimate of drug-likeness (QED) is 0.454. The van der Waals surface area contributed by atoms with Crippen molar-refractivity contribution >= 4 is 11.1 Å². The molecule has 0 heterocycles. The summed E-state index contributed by atoms with van der Waals surface area (Å²) in [5.41, 5.74) is 0.786. The van der Waals surface area contributed by atoms with Gasteiger partial charge in [0.15, 0.2) is 0 Å². The van der Waals surface area contributed by atoms with Crippen LogP contribution in [-0.4, -0.2) is 14.0 Å². The maximum atomic E-state index is 12.7. The van der Waals surface area contributed by atoms with E-state index >= 15 is 0 Å². The molecule has 0 spiro atoms. The van der Waals surface area contributed by atoms with Gasteiger partial charge in [-0.25, -0.2) is 4.39 Å². The fraction of sp³-hybridized carbons (Fsp3) is 0.333. The van der Waals surface area contributed by atoms with Crippen LogP contribution in [0.3, 0.4) is 0 Å². The summed E-state index contributed by atoms with van der Waals surface area (Å²) in [5, 5.41) is -0.304. The molecule has 1 aromatic rings. The summed E-state index contributed by atoms with van der Waals surface area (Å²) in [5.74, 6) is -0.297. The molecule has 0 N–H and O–H groups in total. The van der Waals surface area contributed by atoms with Crippen LogP contribution in [-0.2, 0) is 11.1 Å². The van der Waals surface area contributed by atoms with Crippen LogP contribution in [0.2, 0.25) is 0 Å². The van der Waals surface area contributed by atoms with Gasteiger partial charge in [-0.2, -0.15) is 0 Å². The van der Waals surface area contributed by atoms with Crippen molar-refractivity contribution in [2.24, 2.45) is 0 Å². The number of hydrogen-bond acceptors (Lipinski definition) is 2. The van der Waals surface area contributed by atoms with E-state index in [-0.39, 0.29) is 46.5 Å². The van der Waals surface area contributed by atoms with Gasteiger partial charge in [0, 0.05) is 5.25 Å². The molecule has 0 radical (unpaired) electrons. The molecule has 14 heavy (non-hydrogen) atoms.